The molecule has 0 saturated carbocycles. The summed E-state index contributed by atoms with van der Waals surface area (Å²) in [5, 5.41) is 2.94. The van der Waals surface area contributed by atoms with Crippen molar-refractivity contribution in [3.05, 3.63) is 21.9 Å². The Hall–Kier alpha value is -0.960. The molecule has 0 spiro atoms. The maximum absolute atomic E-state index is 11.8. The molecule has 92 valence electrons. The number of amides is 1. The van der Waals surface area contributed by atoms with Gasteiger partial charge in [-0.05, 0) is 25.3 Å². The van der Waals surface area contributed by atoms with E-state index in [4.69, 9.17) is 5.73 Å². The highest BCUT2D eigenvalue weighted by molar-refractivity contribution is 7.98. The number of nitrogens with two attached hydrogens (primary N) is 1. The smallest absolute Gasteiger partial charge is 0.261 e. The molecule has 5 heteroatoms. The molecule has 1 aromatic rings. The highest BCUT2D eigenvalue weighted by Crippen LogP contribution is 2.15. The van der Waals surface area contributed by atoms with Crippen LogP contribution >= 0.6 is 23.1 Å². The van der Waals surface area contributed by atoms with Crippen molar-refractivity contribution >= 4 is 29.0 Å². The third kappa shape index (κ3) is 4.82. The van der Waals surface area contributed by atoms with Gasteiger partial charge in [0, 0.05) is 11.8 Å². The van der Waals surface area contributed by atoms with Gasteiger partial charge in [-0.15, -0.1) is 11.3 Å². The van der Waals surface area contributed by atoms with E-state index in [1.807, 2.05) is 19.2 Å². The molecule has 1 heterocycles. The summed E-state index contributed by atoms with van der Waals surface area (Å²) in [7, 11) is 0. The monoisotopic (exact) mass is 268 g/mol. The van der Waals surface area contributed by atoms with E-state index in [0.29, 0.717) is 11.4 Å². The predicted molar refractivity (Wildman–Crippen MR) is 75.6 cm³/mol. The Balaban J connectivity index is 2.60. The largest absolute Gasteiger partial charge is 0.348 e. The summed E-state index contributed by atoms with van der Waals surface area (Å²) >= 11 is 3.11. The van der Waals surface area contributed by atoms with E-state index in [1.54, 1.807) is 17.8 Å². The summed E-state index contributed by atoms with van der Waals surface area (Å²) in [6.45, 7) is 2.33. The van der Waals surface area contributed by atoms with Gasteiger partial charge in [0.15, 0.2) is 0 Å². The molecule has 1 rings (SSSR count). The van der Waals surface area contributed by atoms with Crippen molar-refractivity contribution in [2.45, 2.75) is 13.0 Å². The van der Waals surface area contributed by atoms with Crippen molar-refractivity contribution in [3.63, 3.8) is 0 Å². The van der Waals surface area contributed by atoms with E-state index in [2.05, 4.69) is 17.2 Å². The van der Waals surface area contributed by atoms with Crippen LogP contribution in [0.25, 0.3) is 0 Å². The highest BCUT2D eigenvalue weighted by Gasteiger charge is 2.11. The van der Waals surface area contributed by atoms with E-state index >= 15 is 0 Å². The van der Waals surface area contributed by atoms with Gasteiger partial charge in [-0.25, -0.2) is 0 Å². The van der Waals surface area contributed by atoms with Crippen molar-refractivity contribution in [1.29, 1.82) is 0 Å². The average molecular weight is 268 g/mol. The zero-order valence-corrected chi connectivity index (χ0v) is 11.6. The molecule has 0 aliphatic rings. The van der Waals surface area contributed by atoms with Crippen LogP contribution in [0.15, 0.2) is 12.1 Å². The van der Waals surface area contributed by atoms with E-state index in [9.17, 15) is 4.79 Å². The number of thioether (sulfide) groups is 1. The summed E-state index contributed by atoms with van der Waals surface area (Å²) in [5.74, 6) is 6.57. The van der Waals surface area contributed by atoms with Gasteiger partial charge < -0.3 is 11.1 Å². The summed E-state index contributed by atoms with van der Waals surface area (Å²) in [6.07, 6.45) is 2.02. The van der Waals surface area contributed by atoms with Gasteiger partial charge in [-0.1, -0.05) is 11.8 Å². The third-order valence-corrected chi connectivity index (χ3v) is 3.77. The average Bonchev–Trinajstić information content (AvgIpc) is 2.75. The summed E-state index contributed by atoms with van der Waals surface area (Å²) < 4.78 is 0. The predicted octanol–water partition coefficient (Wildman–Crippen LogP) is 1.54. The molecule has 0 radical (unpaired) electrons. The lowest BCUT2D eigenvalue weighted by Crippen LogP contribution is -2.33. The minimum Gasteiger partial charge on any atom is -0.348 e. The maximum Gasteiger partial charge on any atom is 0.261 e. The fraction of sp³-hybridized carbons (Fsp3) is 0.417. The zero-order valence-electron chi connectivity index (χ0n) is 9.95. The molecule has 1 unspecified atom stereocenters. The van der Waals surface area contributed by atoms with Crippen LogP contribution in [-0.2, 0) is 0 Å². The molecule has 0 aliphatic carbocycles. The Morgan fingerprint density at radius 1 is 1.65 bits per heavy atom. The first-order chi connectivity index (χ1) is 8.17. The number of carbonyl (C=O) groups excluding carboxylic acids is 1. The van der Waals surface area contributed by atoms with Gasteiger partial charge in [0.2, 0.25) is 0 Å². The van der Waals surface area contributed by atoms with Crippen molar-refractivity contribution in [3.8, 4) is 11.8 Å². The van der Waals surface area contributed by atoms with Crippen LogP contribution in [0.4, 0.5) is 0 Å². The van der Waals surface area contributed by atoms with Gasteiger partial charge in [-0.2, -0.15) is 11.8 Å². The lowest BCUT2D eigenvalue weighted by atomic mass is 10.3. The lowest BCUT2D eigenvalue weighted by molar-refractivity contribution is 0.0948. The number of hydrogen-bond acceptors (Lipinski definition) is 4. The summed E-state index contributed by atoms with van der Waals surface area (Å²) in [6, 6.07) is 3.83. The Kier molecular flexibility index (Phi) is 6.12. The Bertz CT molecular complexity index is 431. The first-order valence-corrected chi connectivity index (χ1v) is 7.47. The van der Waals surface area contributed by atoms with Crippen molar-refractivity contribution in [2.75, 3.05) is 18.6 Å². The quantitative estimate of drug-likeness (QED) is 0.815. The minimum atomic E-state index is -0.0302. The van der Waals surface area contributed by atoms with E-state index in [1.165, 1.54) is 11.3 Å². The van der Waals surface area contributed by atoms with Gasteiger partial charge in [0.25, 0.3) is 5.91 Å². The summed E-state index contributed by atoms with van der Waals surface area (Å²) in [4.78, 5) is 13.4. The molecule has 1 atom stereocenters. The number of thiophene rings is 1. The van der Waals surface area contributed by atoms with E-state index in [0.717, 1.165) is 10.6 Å². The normalized spacial score (nSPS) is 11.5. The number of hydrogen-bond donors (Lipinski definition) is 2. The molecule has 1 aromatic heterocycles. The summed E-state index contributed by atoms with van der Waals surface area (Å²) in [5.41, 5.74) is 5.29. The lowest BCUT2D eigenvalue weighted by Gasteiger charge is -2.10. The third-order valence-electron chi connectivity index (χ3n) is 1.94. The van der Waals surface area contributed by atoms with Gasteiger partial charge in [0.05, 0.1) is 16.3 Å². The minimum absolute atomic E-state index is 0.0302. The zero-order chi connectivity index (χ0) is 12.7. The van der Waals surface area contributed by atoms with Crippen molar-refractivity contribution in [1.82, 2.24) is 5.32 Å². The molecular weight excluding hydrogens is 252 g/mol. The first kappa shape index (κ1) is 14.1. The molecule has 1 amide bonds. The molecule has 3 N–H and O–H groups in total. The van der Waals surface area contributed by atoms with Crippen LogP contribution in [0.5, 0.6) is 0 Å². The Morgan fingerprint density at radius 2 is 2.41 bits per heavy atom. The molecule has 0 fully saturated rings. The standard InChI is InChI=1S/C12H16N2OS2/c1-9(8-16-2)14-12(15)11-6-5-10(17-11)4-3-7-13/h5-6,9H,7-8,13H2,1-2H3,(H,14,15). The Labute approximate surface area is 110 Å². The molecule has 0 aromatic carbocycles. The molecule has 0 bridgehead atoms. The van der Waals surface area contributed by atoms with Gasteiger partial charge >= 0.3 is 0 Å². The van der Waals surface area contributed by atoms with Crippen LogP contribution in [-0.4, -0.2) is 30.5 Å². The first-order valence-electron chi connectivity index (χ1n) is 5.26. The van der Waals surface area contributed by atoms with Crippen LogP contribution < -0.4 is 11.1 Å². The maximum atomic E-state index is 11.8. The molecule has 17 heavy (non-hydrogen) atoms. The van der Waals surface area contributed by atoms with Crippen LogP contribution in [0, 0.1) is 11.8 Å². The van der Waals surface area contributed by atoms with Gasteiger partial charge in [0.1, 0.15) is 0 Å². The molecular formula is C12H16N2OS2. The van der Waals surface area contributed by atoms with Crippen molar-refractivity contribution < 1.29 is 4.79 Å². The SMILES string of the molecule is CSCC(C)NC(=O)c1ccc(C#CCN)s1. The van der Waals surface area contributed by atoms with Gasteiger partial charge in [-0.3, -0.25) is 4.79 Å². The van der Waals surface area contributed by atoms with Crippen LogP contribution in [0.3, 0.4) is 0 Å². The number of nitrogens with one attached hydrogen (secondary N) is 1. The van der Waals surface area contributed by atoms with Crippen LogP contribution in [0.2, 0.25) is 0 Å². The van der Waals surface area contributed by atoms with Crippen molar-refractivity contribution in [2.24, 2.45) is 5.73 Å². The molecule has 3 nitrogen and oxygen atoms in total. The second kappa shape index (κ2) is 7.38. The highest BCUT2D eigenvalue weighted by atomic mass is 32.2. The fourth-order valence-electron chi connectivity index (χ4n) is 1.25. The molecule has 0 saturated heterocycles. The number of rotatable bonds is 4. The fourth-order valence-corrected chi connectivity index (χ4v) is 2.62. The second-order valence-corrected chi connectivity index (χ2v) is 5.49. The Morgan fingerprint density at radius 3 is 3.06 bits per heavy atom. The topological polar surface area (TPSA) is 55.1 Å². The second-order valence-electron chi connectivity index (χ2n) is 3.50. The number of carbonyl (C=O) groups is 1. The molecule has 0 aliphatic heterocycles. The van der Waals surface area contributed by atoms with E-state index in [-0.39, 0.29) is 11.9 Å². The van der Waals surface area contributed by atoms with E-state index < -0.39 is 0 Å². The van der Waals surface area contributed by atoms with Crippen LogP contribution in [0.1, 0.15) is 21.5 Å².